The first kappa shape index (κ1) is 8.96. The molecule has 60 valence electrons. The summed E-state index contributed by atoms with van der Waals surface area (Å²) in [5, 5.41) is 9.28. The van der Waals surface area contributed by atoms with Crippen molar-refractivity contribution in [2.75, 3.05) is 7.11 Å². The molecule has 11 heavy (non-hydrogen) atoms. The summed E-state index contributed by atoms with van der Waals surface area (Å²) in [5.41, 5.74) is 0.815. The lowest BCUT2D eigenvalue weighted by Gasteiger charge is -2.09. The van der Waals surface area contributed by atoms with Crippen molar-refractivity contribution in [2.24, 2.45) is 0 Å². The van der Waals surface area contributed by atoms with Crippen molar-refractivity contribution >= 4 is 22.6 Å². The number of rotatable bonds is 2. The van der Waals surface area contributed by atoms with Crippen LogP contribution in [0.3, 0.4) is 0 Å². The summed E-state index contributed by atoms with van der Waals surface area (Å²) in [5.74, 6) is 0. The van der Waals surface area contributed by atoms with E-state index in [-0.39, 0.29) is 0 Å². The Morgan fingerprint density at radius 2 is 2.09 bits per heavy atom. The van der Waals surface area contributed by atoms with Gasteiger partial charge >= 0.3 is 0 Å². The van der Waals surface area contributed by atoms with Crippen molar-refractivity contribution in [3.8, 4) is 0 Å². The van der Waals surface area contributed by atoms with Gasteiger partial charge in [0.1, 0.15) is 0 Å². The first-order chi connectivity index (χ1) is 5.25. The molecule has 0 bridgehead atoms. The highest BCUT2D eigenvalue weighted by atomic mass is 127. The summed E-state index contributed by atoms with van der Waals surface area (Å²) >= 11 is 2.16. The second-order valence-electron chi connectivity index (χ2n) is 2.11. The monoisotopic (exact) mass is 264 g/mol. The summed E-state index contributed by atoms with van der Waals surface area (Å²) in [6.07, 6.45) is -0.803. The lowest BCUT2D eigenvalue weighted by atomic mass is 10.2. The highest BCUT2D eigenvalue weighted by Gasteiger charge is 2.07. The Hall–Kier alpha value is -0.130. The highest BCUT2D eigenvalue weighted by molar-refractivity contribution is 14.1. The van der Waals surface area contributed by atoms with Crippen LogP contribution in [-0.4, -0.2) is 12.2 Å². The lowest BCUT2D eigenvalue weighted by molar-refractivity contribution is -0.0774. The Bertz CT molecular complexity index is 237. The van der Waals surface area contributed by atoms with E-state index in [4.69, 9.17) is 4.74 Å². The minimum Gasteiger partial charge on any atom is -0.364 e. The molecule has 0 aliphatic heterocycles. The van der Waals surface area contributed by atoms with Crippen LogP contribution in [0.1, 0.15) is 11.9 Å². The molecule has 0 saturated carbocycles. The fourth-order valence-electron chi connectivity index (χ4n) is 0.802. The molecule has 1 atom stereocenters. The van der Waals surface area contributed by atoms with Crippen LogP contribution < -0.4 is 0 Å². The first-order valence-corrected chi connectivity index (χ1v) is 4.29. The van der Waals surface area contributed by atoms with Crippen molar-refractivity contribution in [3.05, 3.63) is 33.4 Å². The molecule has 0 unspecified atom stereocenters. The summed E-state index contributed by atoms with van der Waals surface area (Å²) in [6.45, 7) is 0. The standard InChI is InChI=1S/C8H9IO2/c1-11-8(10)6-4-2-3-5-7(6)9/h2-5,8,10H,1H3/t8-/m0/s1. The molecule has 0 amide bonds. The number of hydrogen-bond donors (Lipinski definition) is 1. The third kappa shape index (κ3) is 2.15. The van der Waals surface area contributed by atoms with Gasteiger partial charge in [0.2, 0.25) is 0 Å². The Morgan fingerprint density at radius 3 is 2.64 bits per heavy atom. The molecule has 2 nitrogen and oxygen atoms in total. The van der Waals surface area contributed by atoms with Crippen molar-refractivity contribution < 1.29 is 9.84 Å². The number of hydrogen-bond acceptors (Lipinski definition) is 2. The predicted molar refractivity (Wildman–Crippen MR) is 51.1 cm³/mol. The topological polar surface area (TPSA) is 29.5 Å². The van der Waals surface area contributed by atoms with Crippen LogP contribution in [0.15, 0.2) is 24.3 Å². The zero-order valence-corrected chi connectivity index (χ0v) is 8.28. The number of benzene rings is 1. The Balaban J connectivity index is 2.93. The van der Waals surface area contributed by atoms with Crippen LogP contribution in [-0.2, 0) is 4.74 Å². The molecule has 1 rings (SSSR count). The van der Waals surface area contributed by atoms with Gasteiger partial charge in [-0.25, -0.2) is 0 Å². The Kier molecular flexibility index (Phi) is 3.29. The van der Waals surface area contributed by atoms with Crippen LogP contribution in [0.5, 0.6) is 0 Å². The van der Waals surface area contributed by atoms with E-state index in [0.29, 0.717) is 0 Å². The molecule has 0 saturated heterocycles. The summed E-state index contributed by atoms with van der Waals surface area (Å²) in [4.78, 5) is 0. The third-order valence-electron chi connectivity index (χ3n) is 1.39. The second kappa shape index (κ2) is 4.04. The van der Waals surface area contributed by atoms with E-state index in [0.717, 1.165) is 9.13 Å². The maximum absolute atomic E-state index is 9.28. The van der Waals surface area contributed by atoms with Gasteiger partial charge in [-0.15, -0.1) is 0 Å². The molecular weight excluding hydrogens is 255 g/mol. The van der Waals surface area contributed by atoms with Gasteiger partial charge in [-0.2, -0.15) is 0 Å². The lowest BCUT2D eigenvalue weighted by Crippen LogP contribution is -2.01. The second-order valence-corrected chi connectivity index (χ2v) is 3.27. The van der Waals surface area contributed by atoms with Crippen molar-refractivity contribution in [3.63, 3.8) is 0 Å². The quantitative estimate of drug-likeness (QED) is 0.653. The molecule has 0 aliphatic carbocycles. The predicted octanol–water partition coefficient (Wildman–Crippen LogP) is 1.93. The minimum atomic E-state index is -0.803. The van der Waals surface area contributed by atoms with E-state index in [1.165, 1.54) is 7.11 Å². The first-order valence-electron chi connectivity index (χ1n) is 3.21. The number of aliphatic hydroxyl groups is 1. The Morgan fingerprint density at radius 1 is 1.45 bits per heavy atom. The van der Waals surface area contributed by atoms with Crippen LogP contribution >= 0.6 is 22.6 Å². The van der Waals surface area contributed by atoms with E-state index in [2.05, 4.69) is 22.6 Å². The van der Waals surface area contributed by atoms with Crippen LogP contribution in [0.25, 0.3) is 0 Å². The molecule has 0 heterocycles. The van der Waals surface area contributed by atoms with E-state index in [1.807, 2.05) is 24.3 Å². The molecule has 1 aromatic carbocycles. The zero-order valence-electron chi connectivity index (χ0n) is 6.12. The van der Waals surface area contributed by atoms with Gasteiger partial charge in [-0.05, 0) is 28.7 Å². The highest BCUT2D eigenvalue weighted by Crippen LogP contribution is 2.19. The van der Waals surface area contributed by atoms with Gasteiger partial charge in [0, 0.05) is 16.2 Å². The number of methoxy groups -OCH3 is 1. The van der Waals surface area contributed by atoms with Gasteiger partial charge < -0.3 is 9.84 Å². The molecule has 0 aliphatic rings. The van der Waals surface area contributed by atoms with Crippen molar-refractivity contribution in [2.45, 2.75) is 6.29 Å². The SMILES string of the molecule is CO[C@H](O)c1ccccc1I. The van der Waals surface area contributed by atoms with E-state index in [1.54, 1.807) is 0 Å². The summed E-state index contributed by atoms with van der Waals surface area (Å²) < 4.78 is 5.78. The number of aliphatic hydroxyl groups excluding tert-OH is 1. The van der Waals surface area contributed by atoms with Crippen molar-refractivity contribution in [1.29, 1.82) is 0 Å². The fraction of sp³-hybridized carbons (Fsp3) is 0.250. The van der Waals surface area contributed by atoms with E-state index in [9.17, 15) is 5.11 Å². The molecule has 3 heteroatoms. The van der Waals surface area contributed by atoms with Gasteiger partial charge in [0.15, 0.2) is 6.29 Å². The minimum absolute atomic E-state index is 0.803. The maximum Gasteiger partial charge on any atom is 0.181 e. The third-order valence-corrected chi connectivity index (χ3v) is 2.38. The van der Waals surface area contributed by atoms with E-state index < -0.39 is 6.29 Å². The average molecular weight is 264 g/mol. The molecule has 0 spiro atoms. The summed E-state index contributed by atoms with van der Waals surface area (Å²) in [6, 6.07) is 7.57. The van der Waals surface area contributed by atoms with Crippen LogP contribution in [0.4, 0.5) is 0 Å². The molecule has 1 N–H and O–H groups in total. The van der Waals surface area contributed by atoms with E-state index >= 15 is 0 Å². The van der Waals surface area contributed by atoms with Crippen molar-refractivity contribution in [1.82, 2.24) is 0 Å². The zero-order chi connectivity index (χ0) is 8.27. The molecular formula is C8H9IO2. The maximum atomic E-state index is 9.28. The number of ether oxygens (including phenoxy) is 1. The number of halogens is 1. The van der Waals surface area contributed by atoms with Crippen LogP contribution in [0.2, 0.25) is 0 Å². The molecule has 0 aromatic heterocycles. The Labute approximate surface area is 79.3 Å². The van der Waals surface area contributed by atoms with Crippen LogP contribution in [0, 0.1) is 3.57 Å². The van der Waals surface area contributed by atoms with Gasteiger partial charge in [-0.1, -0.05) is 18.2 Å². The molecule has 1 aromatic rings. The largest absolute Gasteiger partial charge is 0.364 e. The smallest absolute Gasteiger partial charge is 0.181 e. The van der Waals surface area contributed by atoms with Gasteiger partial charge in [0.25, 0.3) is 0 Å². The van der Waals surface area contributed by atoms with Gasteiger partial charge in [0.05, 0.1) is 0 Å². The van der Waals surface area contributed by atoms with Gasteiger partial charge in [-0.3, -0.25) is 0 Å². The average Bonchev–Trinajstić information content (AvgIpc) is 2.04. The summed E-state index contributed by atoms with van der Waals surface area (Å²) in [7, 11) is 1.48. The molecule has 0 fully saturated rings. The normalized spacial score (nSPS) is 13.0. The molecule has 0 radical (unpaired) electrons. The fourth-order valence-corrected chi connectivity index (χ4v) is 1.46.